The largest absolute Gasteiger partial charge is 0.497 e. The first-order valence-electron chi connectivity index (χ1n) is 8.23. The fraction of sp³-hybridized carbons (Fsp3) is 0.529. The molecule has 144 valence electrons. The van der Waals surface area contributed by atoms with Crippen molar-refractivity contribution in [3.8, 4) is 5.75 Å². The molecule has 1 aliphatic rings. The number of halogens is 3. The molecule has 0 spiro atoms. The van der Waals surface area contributed by atoms with E-state index >= 15 is 0 Å². The van der Waals surface area contributed by atoms with Gasteiger partial charge in [-0.15, -0.1) is 0 Å². The van der Waals surface area contributed by atoms with E-state index in [0.717, 1.165) is 0 Å². The lowest BCUT2D eigenvalue weighted by Gasteiger charge is -2.37. The Bertz CT molecular complexity index is 644. The Morgan fingerprint density at radius 3 is 2.46 bits per heavy atom. The van der Waals surface area contributed by atoms with Gasteiger partial charge in [-0.25, -0.2) is 0 Å². The van der Waals surface area contributed by atoms with E-state index in [-0.39, 0.29) is 5.91 Å². The van der Waals surface area contributed by atoms with Crippen LogP contribution in [0.3, 0.4) is 0 Å². The molecular weight excluding hydrogens is 351 g/mol. The lowest BCUT2D eigenvalue weighted by molar-refractivity contribution is -0.141. The number of hydrogen-bond donors (Lipinski definition) is 1. The lowest BCUT2D eigenvalue weighted by atomic mass is 10.1. The van der Waals surface area contributed by atoms with Crippen molar-refractivity contribution in [1.82, 2.24) is 15.1 Å². The van der Waals surface area contributed by atoms with E-state index in [0.29, 0.717) is 37.5 Å². The summed E-state index contributed by atoms with van der Waals surface area (Å²) in [5.41, 5.74) is 0.508. The molecule has 1 fully saturated rings. The van der Waals surface area contributed by atoms with Crippen LogP contribution in [-0.2, 0) is 4.79 Å². The summed E-state index contributed by atoms with van der Waals surface area (Å²) in [7, 11) is 1.52. The first-order chi connectivity index (χ1) is 12.2. The third kappa shape index (κ3) is 5.35. The Morgan fingerprint density at radius 2 is 1.88 bits per heavy atom. The molecule has 2 amide bonds. The number of carbonyl (C=O) groups is 2. The second-order valence-corrected chi connectivity index (χ2v) is 6.07. The van der Waals surface area contributed by atoms with Crippen molar-refractivity contribution in [2.45, 2.75) is 19.1 Å². The molecule has 9 heteroatoms. The summed E-state index contributed by atoms with van der Waals surface area (Å²) in [6.45, 7) is 1.84. The fourth-order valence-corrected chi connectivity index (χ4v) is 2.75. The molecule has 1 aromatic rings. The van der Waals surface area contributed by atoms with Gasteiger partial charge in [-0.1, -0.05) is 6.07 Å². The van der Waals surface area contributed by atoms with Crippen LogP contribution in [0.4, 0.5) is 13.2 Å². The molecule has 0 aliphatic carbocycles. The van der Waals surface area contributed by atoms with Crippen LogP contribution in [-0.4, -0.2) is 73.7 Å². The summed E-state index contributed by atoms with van der Waals surface area (Å²) in [6.07, 6.45) is -4.43. The number of nitrogens with zero attached hydrogens (tertiary/aromatic N) is 2. The summed E-state index contributed by atoms with van der Waals surface area (Å²) in [6, 6.07) is 6.14. The minimum absolute atomic E-state index is 0.141. The SMILES string of the molecule is COc1cccc(C(=O)N2CCN(C(C)C(=O)NCC(F)(F)F)CC2)c1. The number of ether oxygens (including phenoxy) is 1. The molecular formula is C17H22F3N3O3. The number of amides is 2. The topological polar surface area (TPSA) is 61.9 Å². The standard InChI is InChI=1S/C17H22F3N3O3/c1-12(15(24)21-11-17(18,19)20)22-6-8-23(9-7-22)16(25)13-4-3-5-14(10-13)26-2/h3-5,10,12H,6-9,11H2,1-2H3,(H,21,24). The third-order valence-electron chi connectivity index (χ3n) is 4.31. The average Bonchev–Trinajstić information content (AvgIpc) is 2.64. The van der Waals surface area contributed by atoms with E-state index in [2.05, 4.69) is 0 Å². The average molecular weight is 373 g/mol. The van der Waals surface area contributed by atoms with Crippen molar-refractivity contribution in [2.75, 3.05) is 39.8 Å². The number of hydrogen-bond acceptors (Lipinski definition) is 4. The van der Waals surface area contributed by atoms with Gasteiger partial charge in [-0.05, 0) is 25.1 Å². The number of piperazine rings is 1. The van der Waals surface area contributed by atoms with Gasteiger partial charge in [-0.3, -0.25) is 14.5 Å². The van der Waals surface area contributed by atoms with E-state index < -0.39 is 24.7 Å². The molecule has 1 saturated heterocycles. The predicted molar refractivity (Wildman–Crippen MR) is 89.0 cm³/mol. The molecule has 1 N–H and O–H groups in total. The first kappa shape index (κ1) is 20.0. The minimum Gasteiger partial charge on any atom is -0.497 e. The highest BCUT2D eigenvalue weighted by molar-refractivity contribution is 5.94. The van der Waals surface area contributed by atoms with Crippen LogP contribution in [0.25, 0.3) is 0 Å². The van der Waals surface area contributed by atoms with Crippen molar-refractivity contribution in [1.29, 1.82) is 0 Å². The smallest absolute Gasteiger partial charge is 0.405 e. The van der Waals surface area contributed by atoms with E-state index in [1.165, 1.54) is 7.11 Å². The number of methoxy groups -OCH3 is 1. The third-order valence-corrected chi connectivity index (χ3v) is 4.31. The summed E-state index contributed by atoms with van der Waals surface area (Å²) in [4.78, 5) is 27.8. The normalized spacial score (nSPS) is 16.9. The predicted octanol–water partition coefficient (Wildman–Crippen LogP) is 1.52. The van der Waals surface area contributed by atoms with Gasteiger partial charge in [0.25, 0.3) is 5.91 Å². The van der Waals surface area contributed by atoms with Gasteiger partial charge >= 0.3 is 6.18 Å². The second-order valence-electron chi connectivity index (χ2n) is 6.07. The molecule has 6 nitrogen and oxygen atoms in total. The van der Waals surface area contributed by atoms with Gasteiger partial charge in [0.2, 0.25) is 5.91 Å². The molecule has 1 unspecified atom stereocenters. The zero-order chi connectivity index (χ0) is 19.3. The maximum Gasteiger partial charge on any atom is 0.405 e. The Kier molecular flexibility index (Phi) is 6.47. The molecule has 0 bridgehead atoms. The number of nitrogens with one attached hydrogen (secondary N) is 1. The molecule has 1 heterocycles. The molecule has 1 atom stereocenters. The van der Waals surface area contributed by atoms with Crippen LogP contribution in [0, 0.1) is 0 Å². The van der Waals surface area contributed by atoms with Gasteiger partial charge in [0.15, 0.2) is 0 Å². The van der Waals surface area contributed by atoms with Crippen LogP contribution in [0.1, 0.15) is 17.3 Å². The van der Waals surface area contributed by atoms with Gasteiger partial charge in [0.1, 0.15) is 12.3 Å². The van der Waals surface area contributed by atoms with Crippen LogP contribution in [0.5, 0.6) is 5.75 Å². The molecule has 2 rings (SSSR count). The molecule has 1 aromatic carbocycles. The van der Waals surface area contributed by atoms with Gasteiger partial charge in [-0.2, -0.15) is 13.2 Å². The molecule has 0 aromatic heterocycles. The zero-order valence-electron chi connectivity index (χ0n) is 14.7. The summed E-state index contributed by atoms with van der Waals surface area (Å²) in [5.74, 6) is -0.225. The Hall–Kier alpha value is -2.29. The quantitative estimate of drug-likeness (QED) is 0.850. The van der Waals surface area contributed by atoms with Crippen LogP contribution in [0.15, 0.2) is 24.3 Å². The summed E-state index contributed by atoms with van der Waals surface area (Å²) in [5, 5.41) is 1.89. The molecule has 0 radical (unpaired) electrons. The molecule has 26 heavy (non-hydrogen) atoms. The van der Waals surface area contributed by atoms with Crippen molar-refractivity contribution in [3.05, 3.63) is 29.8 Å². The van der Waals surface area contributed by atoms with Gasteiger partial charge in [0, 0.05) is 31.7 Å². The van der Waals surface area contributed by atoms with Crippen LogP contribution in [0.2, 0.25) is 0 Å². The molecule has 1 aliphatic heterocycles. The lowest BCUT2D eigenvalue weighted by Crippen LogP contribution is -2.55. The van der Waals surface area contributed by atoms with Crippen LogP contribution < -0.4 is 10.1 Å². The van der Waals surface area contributed by atoms with Gasteiger partial charge in [0.05, 0.1) is 13.2 Å². The van der Waals surface area contributed by atoms with Crippen LogP contribution >= 0.6 is 0 Å². The monoisotopic (exact) mass is 373 g/mol. The van der Waals surface area contributed by atoms with E-state index in [1.807, 2.05) is 5.32 Å². The minimum atomic E-state index is -4.43. The van der Waals surface area contributed by atoms with E-state index in [9.17, 15) is 22.8 Å². The Balaban J connectivity index is 1.87. The number of benzene rings is 1. The highest BCUT2D eigenvalue weighted by Crippen LogP contribution is 2.16. The molecule has 0 saturated carbocycles. The Morgan fingerprint density at radius 1 is 1.23 bits per heavy atom. The van der Waals surface area contributed by atoms with E-state index in [1.54, 1.807) is 41.0 Å². The Labute approximate surface area is 149 Å². The van der Waals surface area contributed by atoms with Crippen molar-refractivity contribution in [2.24, 2.45) is 0 Å². The first-order valence-corrected chi connectivity index (χ1v) is 8.23. The summed E-state index contributed by atoms with van der Waals surface area (Å²) >= 11 is 0. The van der Waals surface area contributed by atoms with Gasteiger partial charge < -0.3 is 15.0 Å². The zero-order valence-corrected chi connectivity index (χ0v) is 14.7. The van der Waals surface area contributed by atoms with Crippen molar-refractivity contribution >= 4 is 11.8 Å². The van der Waals surface area contributed by atoms with Crippen molar-refractivity contribution < 1.29 is 27.5 Å². The number of carbonyl (C=O) groups excluding carboxylic acids is 2. The highest BCUT2D eigenvalue weighted by atomic mass is 19.4. The maximum absolute atomic E-state index is 12.5. The van der Waals surface area contributed by atoms with Crippen molar-refractivity contribution in [3.63, 3.8) is 0 Å². The number of rotatable bonds is 5. The second kappa shape index (κ2) is 8.39. The fourth-order valence-electron chi connectivity index (χ4n) is 2.75. The van der Waals surface area contributed by atoms with E-state index in [4.69, 9.17) is 4.74 Å². The summed E-state index contributed by atoms with van der Waals surface area (Å²) < 4.78 is 41.7. The maximum atomic E-state index is 12.5. The highest BCUT2D eigenvalue weighted by Gasteiger charge is 2.31. The number of alkyl halides is 3.